The van der Waals surface area contributed by atoms with Crippen LogP contribution in [0.25, 0.3) is 0 Å². The minimum Gasteiger partial charge on any atom is -0.481 e. The van der Waals surface area contributed by atoms with Crippen LogP contribution in [-0.4, -0.2) is 47.7 Å². The summed E-state index contributed by atoms with van der Waals surface area (Å²) in [5, 5.41) is 29.3. The Morgan fingerprint density at radius 3 is 1.47 bits per heavy atom. The van der Waals surface area contributed by atoms with Gasteiger partial charge in [0.25, 0.3) is 0 Å². The summed E-state index contributed by atoms with van der Waals surface area (Å²) in [4.78, 5) is 10.0. The monoisotopic (exact) mass is 330 g/mol. The van der Waals surface area contributed by atoms with Crippen LogP contribution in [0.15, 0.2) is 0 Å². The zero-order valence-corrected chi connectivity index (χ0v) is 13.9. The van der Waals surface area contributed by atoms with Gasteiger partial charge in [-0.05, 0) is 6.42 Å². The first-order valence-electron chi connectivity index (χ1n) is 5.33. The van der Waals surface area contributed by atoms with E-state index in [0.29, 0.717) is 6.42 Å². The number of unbranched alkanes of at least 4 members (excludes halogenated alkanes) is 4. The Bertz CT molecular complexity index is 102. The molecule has 4 N–H and O–H groups in total. The second-order valence-electron chi connectivity index (χ2n) is 2.56. The van der Waals surface area contributed by atoms with Crippen LogP contribution in [0.2, 0.25) is 0 Å². The fourth-order valence-corrected chi connectivity index (χ4v) is 0.880. The summed E-state index contributed by atoms with van der Waals surface area (Å²) in [5.74, 6) is -0.670. The van der Waals surface area contributed by atoms with Gasteiger partial charge in [-0.1, -0.05) is 32.6 Å². The van der Waals surface area contributed by atoms with E-state index < -0.39 is 5.97 Å². The molecule has 0 fully saturated rings. The molecule has 0 aromatic carbocycles. The average Bonchev–Trinajstić information content (AvgIpc) is 2.36. The molecular weight excluding hydrogens is 303 g/mol. The fourth-order valence-electron chi connectivity index (χ4n) is 0.880. The zero-order chi connectivity index (χ0) is 13.8. The molecule has 0 aromatic heterocycles. The maximum Gasteiger partial charge on any atom is 0.303 e. The van der Waals surface area contributed by atoms with E-state index in [1.807, 2.05) is 0 Å². The van der Waals surface area contributed by atoms with Crippen molar-refractivity contribution in [3.05, 3.63) is 0 Å². The number of aliphatic hydroxyl groups is 3. The molecule has 0 unspecified atom stereocenters. The van der Waals surface area contributed by atoms with Crippen molar-refractivity contribution in [3.63, 3.8) is 0 Å². The topological polar surface area (TPSA) is 98.0 Å². The summed E-state index contributed by atoms with van der Waals surface area (Å²) >= 11 is 0. The average molecular weight is 332 g/mol. The predicted molar refractivity (Wildman–Crippen MR) is 65.4 cm³/mol. The van der Waals surface area contributed by atoms with E-state index in [4.69, 9.17) is 20.4 Å². The third-order valence-corrected chi connectivity index (χ3v) is 1.49. The van der Waals surface area contributed by atoms with Gasteiger partial charge in [0.15, 0.2) is 0 Å². The van der Waals surface area contributed by atoms with Crippen LogP contribution in [0, 0.1) is 0 Å². The number of hydrogen-bond acceptors (Lipinski definition) is 4. The number of carboxylic acids is 1. The Hall–Kier alpha value is 0.233. The quantitative estimate of drug-likeness (QED) is 0.549. The van der Waals surface area contributed by atoms with Crippen LogP contribution in [0.3, 0.4) is 0 Å². The molecule has 0 saturated carbocycles. The molecule has 0 heterocycles. The fraction of sp³-hybridized carbons (Fsp3) is 0.909. The Kier molecular flexibility index (Phi) is 78.9. The number of carboxylic acid groups (broad SMARTS) is 1. The summed E-state index contributed by atoms with van der Waals surface area (Å²) in [5.41, 5.74) is 0. The zero-order valence-electron chi connectivity index (χ0n) is 11.4. The molecule has 0 aliphatic heterocycles. The summed E-state index contributed by atoms with van der Waals surface area (Å²) in [6.07, 6.45) is 5.88. The van der Waals surface area contributed by atoms with Crippen molar-refractivity contribution >= 4 is 5.97 Å². The number of carbonyl (C=O) groups is 1. The summed E-state index contributed by atoms with van der Waals surface area (Å²) < 4.78 is 0. The van der Waals surface area contributed by atoms with E-state index in [1.54, 1.807) is 0 Å². The van der Waals surface area contributed by atoms with E-state index in [9.17, 15) is 4.79 Å². The van der Waals surface area contributed by atoms with Gasteiger partial charge in [-0.25, -0.2) is 0 Å². The van der Waals surface area contributed by atoms with Crippen molar-refractivity contribution in [1.29, 1.82) is 0 Å². The molecule has 6 heteroatoms. The van der Waals surface area contributed by atoms with Gasteiger partial charge in [0, 0.05) is 54.0 Å². The standard InChI is InChI=1S/C8H16O2.3CH4O.Zr/c1-2-3-4-5-6-7-8(9)10;3*1-2;/h2-7H2,1H3,(H,9,10);3*2H,1H3;. The van der Waals surface area contributed by atoms with Crippen LogP contribution in [0.5, 0.6) is 0 Å². The van der Waals surface area contributed by atoms with E-state index in [-0.39, 0.29) is 26.2 Å². The summed E-state index contributed by atoms with van der Waals surface area (Å²) in [6, 6.07) is 0. The molecule has 17 heavy (non-hydrogen) atoms. The third kappa shape index (κ3) is 62.9. The van der Waals surface area contributed by atoms with E-state index in [2.05, 4.69) is 6.92 Å². The van der Waals surface area contributed by atoms with Crippen LogP contribution in [0.4, 0.5) is 0 Å². The number of aliphatic hydroxyl groups excluding tert-OH is 3. The molecule has 0 saturated heterocycles. The van der Waals surface area contributed by atoms with Crippen molar-refractivity contribution in [2.24, 2.45) is 0 Å². The van der Waals surface area contributed by atoms with Gasteiger partial charge in [0.1, 0.15) is 0 Å². The largest absolute Gasteiger partial charge is 0.481 e. The molecule has 0 amide bonds. The number of aliphatic carboxylic acids is 1. The molecule has 0 spiro atoms. The summed E-state index contributed by atoms with van der Waals surface area (Å²) in [7, 11) is 3.00. The second kappa shape index (κ2) is 44.2. The third-order valence-electron chi connectivity index (χ3n) is 1.49. The van der Waals surface area contributed by atoms with E-state index >= 15 is 0 Å². The second-order valence-corrected chi connectivity index (χ2v) is 2.56. The smallest absolute Gasteiger partial charge is 0.303 e. The Morgan fingerprint density at radius 2 is 1.18 bits per heavy atom. The molecule has 0 aliphatic rings. The molecule has 0 aromatic rings. The van der Waals surface area contributed by atoms with Crippen molar-refractivity contribution < 1.29 is 51.4 Å². The van der Waals surface area contributed by atoms with Crippen LogP contribution < -0.4 is 0 Å². The van der Waals surface area contributed by atoms with E-state index in [0.717, 1.165) is 34.2 Å². The van der Waals surface area contributed by atoms with Crippen molar-refractivity contribution in [3.8, 4) is 0 Å². The Balaban J connectivity index is -0.0000000594. The van der Waals surface area contributed by atoms with Gasteiger partial charge in [-0.3, -0.25) is 4.79 Å². The summed E-state index contributed by atoms with van der Waals surface area (Å²) in [6.45, 7) is 2.15. The molecule has 0 radical (unpaired) electrons. The normalized spacial score (nSPS) is 6.76. The first kappa shape index (κ1) is 30.3. The first-order chi connectivity index (χ1) is 7.77. The van der Waals surface area contributed by atoms with E-state index in [1.165, 1.54) is 19.3 Å². The van der Waals surface area contributed by atoms with Gasteiger partial charge in [-0.2, -0.15) is 0 Å². The van der Waals surface area contributed by atoms with Crippen LogP contribution in [-0.2, 0) is 31.0 Å². The first-order valence-corrected chi connectivity index (χ1v) is 5.33. The van der Waals surface area contributed by atoms with Crippen molar-refractivity contribution in [2.75, 3.05) is 21.3 Å². The molecule has 0 rings (SSSR count). The Morgan fingerprint density at radius 1 is 0.824 bits per heavy atom. The van der Waals surface area contributed by atoms with Gasteiger partial charge in [0.2, 0.25) is 0 Å². The van der Waals surface area contributed by atoms with Crippen molar-refractivity contribution in [2.45, 2.75) is 45.4 Å². The van der Waals surface area contributed by atoms with Crippen LogP contribution >= 0.6 is 0 Å². The maximum atomic E-state index is 10.0. The molecule has 0 bridgehead atoms. The minimum absolute atomic E-state index is 0. The molecule has 0 aliphatic carbocycles. The molecule has 0 atom stereocenters. The van der Waals surface area contributed by atoms with Gasteiger partial charge in [0.05, 0.1) is 0 Å². The molecule has 106 valence electrons. The van der Waals surface area contributed by atoms with Crippen molar-refractivity contribution in [1.82, 2.24) is 0 Å². The number of hydrogen-bond donors (Lipinski definition) is 4. The minimum atomic E-state index is -0.670. The number of rotatable bonds is 6. The van der Waals surface area contributed by atoms with Crippen LogP contribution in [0.1, 0.15) is 45.4 Å². The molecule has 5 nitrogen and oxygen atoms in total. The van der Waals surface area contributed by atoms with Gasteiger partial charge < -0.3 is 20.4 Å². The molecular formula is C11H28O5Zr. The Labute approximate surface area is 124 Å². The van der Waals surface area contributed by atoms with Gasteiger partial charge >= 0.3 is 5.97 Å². The SMILES string of the molecule is CCCCCCCC(=O)O.CO.CO.CO.[Zr]. The van der Waals surface area contributed by atoms with Gasteiger partial charge in [-0.15, -0.1) is 0 Å². The maximum absolute atomic E-state index is 10.0. The predicted octanol–water partition coefficient (Wildman–Crippen LogP) is 1.25.